The fourth-order valence-electron chi connectivity index (χ4n) is 2.99. The summed E-state index contributed by atoms with van der Waals surface area (Å²) in [6.45, 7) is 5.37. The largest absolute Gasteiger partial charge is 0.326 e. The summed E-state index contributed by atoms with van der Waals surface area (Å²) in [5.41, 5.74) is 7.48. The van der Waals surface area contributed by atoms with Gasteiger partial charge in [-0.05, 0) is 43.9 Å². The van der Waals surface area contributed by atoms with Crippen LogP contribution in [0.3, 0.4) is 0 Å². The Morgan fingerprint density at radius 3 is 2.95 bits per heavy atom. The van der Waals surface area contributed by atoms with Crippen LogP contribution in [0, 0.1) is 0 Å². The van der Waals surface area contributed by atoms with Crippen molar-refractivity contribution < 1.29 is 4.79 Å². The highest BCUT2D eigenvalue weighted by Gasteiger charge is 2.30. The van der Waals surface area contributed by atoms with Gasteiger partial charge in [0.1, 0.15) is 0 Å². The maximum atomic E-state index is 12.2. The van der Waals surface area contributed by atoms with Crippen LogP contribution >= 0.6 is 0 Å². The van der Waals surface area contributed by atoms with E-state index >= 15 is 0 Å². The van der Waals surface area contributed by atoms with Crippen LogP contribution in [0.2, 0.25) is 0 Å². The summed E-state index contributed by atoms with van der Waals surface area (Å²) in [4.78, 5) is 14.5. The summed E-state index contributed by atoms with van der Waals surface area (Å²) >= 11 is 0. The number of carbonyl (C=O) groups excluding carboxylic acids is 1. The number of nitrogens with two attached hydrogens (primary N) is 1. The van der Waals surface area contributed by atoms with Gasteiger partial charge in [-0.2, -0.15) is 0 Å². The first kappa shape index (κ1) is 15.0. The molecule has 0 spiro atoms. The van der Waals surface area contributed by atoms with E-state index in [0.717, 1.165) is 17.7 Å². The molecule has 1 heterocycles. The quantitative estimate of drug-likeness (QED) is 0.867. The Morgan fingerprint density at radius 2 is 2.25 bits per heavy atom. The second-order valence-electron chi connectivity index (χ2n) is 5.61. The van der Waals surface area contributed by atoms with Crippen molar-refractivity contribution in [3.05, 3.63) is 29.8 Å². The molecule has 110 valence electrons. The highest BCUT2D eigenvalue weighted by Crippen LogP contribution is 2.25. The van der Waals surface area contributed by atoms with Gasteiger partial charge in [-0.15, -0.1) is 0 Å². The number of likely N-dealkylation sites (tertiary alicyclic amines) is 1. The van der Waals surface area contributed by atoms with E-state index in [4.69, 9.17) is 5.73 Å². The number of hydrogen-bond acceptors (Lipinski definition) is 3. The zero-order valence-corrected chi connectivity index (χ0v) is 12.4. The normalized spacial score (nSPS) is 22.9. The zero-order chi connectivity index (χ0) is 14.5. The van der Waals surface area contributed by atoms with Crippen molar-refractivity contribution in [1.82, 2.24) is 4.90 Å². The van der Waals surface area contributed by atoms with Crippen molar-refractivity contribution in [2.45, 2.75) is 51.7 Å². The predicted octanol–water partition coefficient (Wildman–Crippen LogP) is 2.35. The molecule has 2 unspecified atom stereocenters. The van der Waals surface area contributed by atoms with Crippen LogP contribution in [-0.2, 0) is 11.3 Å². The molecule has 0 saturated carbocycles. The number of nitrogens with zero attached hydrogens (tertiary/aromatic N) is 1. The molecule has 20 heavy (non-hydrogen) atoms. The second-order valence-corrected chi connectivity index (χ2v) is 5.61. The number of carbonyl (C=O) groups is 1. The third-order valence-electron chi connectivity index (χ3n) is 4.20. The molecule has 2 rings (SSSR count). The van der Waals surface area contributed by atoms with E-state index in [9.17, 15) is 4.79 Å². The molecule has 4 heteroatoms. The molecule has 0 aliphatic carbocycles. The number of nitrogens with one attached hydrogen (secondary N) is 1. The lowest BCUT2D eigenvalue weighted by Gasteiger charge is -2.26. The fraction of sp³-hybridized carbons (Fsp3) is 0.562. The predicted molar refractivity (Wildman–Crippen MR) is 82.4 cm³/mol. The van der Waals surface area contributed by atoms with Crippen molar-refractivity contribution in [3.63, 3.8) is 0 Å². The Hall–Kier alpha value is -1.39. The summed E-state index contributed by atoms with van der Waals surface area (Å²) in [5, 5.41) is 2.97. The third kappa shape index (κ3) is 3.58. The minimum absolute atomic E-state index is 0.0615. The lowest BCUT2D eigenvalue weighted by Crippen LogP contribution is -2.40. The Labute approximate surface area is 121 Å². The number of amides is 1. The average Bonchev–Trinajstić information content (AvgIpc) is 2.79. The van der Waals surface area contributed by atoms with E-state index in [1.54, 1.807) is 0 Å². The van der Waals surface area contributed by atoms with Crippen LogP contribution in [0.5, 0.6) is 0 Å². The van der Waals surface area contributed by atoms with E-state index in [0.29, 0.717) is 25.2 Å². The Morgan fingerprint density at radius 1 is 1.45 bits per heavy atom. The van der Waals surface area contributed by atoms with Gasteiger partial charge in [0.25, 0.3) is 0 Å². The smallest absolute Gasteiger partial charge is 0.238 e. The zero-order valence-electron chi connectivity index (χ0n) is 12.4. The van der Waals surface area contributed by atoms with Gasteiger partial charge >= 0.3 is 0 Å². The van der Waals surface area contributed by atoms with Gasteiger partial charge in [-0.25, -0.2) is 0 Å². The average molecular weight is 275 g/mol. The molecular formula is C16H25N3O. The SMILES string of the molecule is CCC1CCC(C)N1CC(=O)Nc1cccc(CN)c1. The van der Waals surface area contributed by atoms with Crippen molar-refractivity contribution in [2.75, 3.05) is 11.9 Å². The molecule has 1 saturated heterocycles. The summed E-state index contributed by atoms with van der Waals surface area (Å²) in [7, 11) is 0. The summed E-state index contributed by atoms with van der Waals surface area (Å²) in [6.07, 6.45) is 3.50. The first-order valence-electron chi connectivity index (χ1n) is 7.48. The molecule has 1 aromatic rings. The molecule has 0 radical (unpaired) electrons. The van der Waals surface area contributed by atoms with Crippen LogP contribution in [0.25, 0.3) is 0 Å². The van der Waals surface area contributed by atoms with Crippen molar-refractivity contribution in [3.8, 4) is 0 Å². The minimum Gasteiger partial charge on any atom is -0.326 e. The summed E-state index contributed by atoms with van der Waals surface area (Å²) < 4.78 is 0. The molecule has 2 atom stereocenters. The van der Waals surface area contributed by atoms with Crippen molar-refractivity contribution >= 4 is 11.6 Å². The van der Waals surface area contributed by atoms with Gasteiger partial charge in [0, 0.05) is 24.3 Å². The van der Waals surface area contributed by atoms with Gasteiger partial charge in [0.15, 0.2) is 0 Å². The molecule has 1 aromatic carbocycles. The molecule has 1 fully saturated rings. The maximum absolute atomic E-state index is 12.2. The Kier molecular flexibility index (Phi) is 5.15. The monoisotopic (exact) mass is 275 g/mol. The second kappa shape index (κ2) is 6.86. The van der Waals surface area contributed by atoms with Gasteiger partial charge in [0.2, 0.25) is 5.91 Å². The molecule has 0 bridgehead atoms. The minimum atomic E-state index is 0.0615. The van der Waals surface area contributed by atoms with Crippen LogP contribution in [0.15, 0.2) is 24.3 Å². The van der Waals surface area contributed by atoms with Gasteiger partial charge in [0.05, 0.1) is 6.54 Å². The molecule has 1 aliphatic heterocycles. The number of rotatable bonds is 5. The van der Waals surface area contributed by atoms with Crippen molar-refractivity contribution in [2.24, 2.45) is 5.73 Å². The van der Waals surface area contributed by atoms with Crippen LogP contribution in [-0.4, -0.2) is 29.4 Å². The molecular weight excluding hydrogens is 250 g/mol. The number of anilines is 1. The third-order valence-corrected chi connectivity index (χ3v) is 4.20. The number of benzene rings is 1. The Bertz CT molecular complexity index is 461. The molecule has 3 N–H and O–H groups in total. The fourth-order valence-corrected chi connectivity index (χ4v) is 2.99. The number of hydrogen-bond donors (Lipinski definition) is 2. The highest BCUT2D eigenvalue weighted by molar-refractivity contribution is 5.92. The van der Waals surface area contributed by atoms with Crippen LogP contribution in [0.1, 0.15) is 38.7 Å². The van der Waals surface area contributed by atoms with Crippen LogP contribution < -0.4 is 11.1 Å². The Balaban J connectivity index is 1.94. The van der Waals surface area contributed by atoms with E-state index in [1.165, 1.54) is 12.8 Å². The van der Waals surface area contributed by atoms with E-state index in [1.807, 2.05) is 24.3 Å². The van der Waals surface area contributed by atoms with E-state index < -0.39 is 0 Å². The lowest BCUT2D eigenvalue weighted by molar-refractivity contribution is -0.118. The summed E-state index contributed by atoms with van der Waals surface area (Å²) in [6, 6.07) is 8.77. The molecule has 4 nitrogen and oxygen atoms in total. The molecule has 0 aromatic heterocycles. The van der Waals surface area contributed by atoms with Crippen molar-refractivity contribution in [1.29, 1.82) is 0 Å². The maximum Gasteiger partial charge on any atom is 0.238 e. The molecule has 1 aliphatic rings. The summed E-state index contributed by atoms with van der Waals surface area (Å²) in [5.74, 6) is 0.0615. The van der Waals surface area contributed by atoms with E-state index in [-0.39, 0.29) is 5.91 Å². The van der Waals surface area contributed by atoms with Gasteiger partial charge < -0.3 is 11.1 Å². The van der Waals surface area contributed by atoms with Gasteiger partial charge in [-0.1, -0.05) is 19.1 Å². The van der Waals surface area contributed by atoms with Crippen LogP contribution in [0.4, 0.5) is 5.69 Å². The lowest BCUT2D eigenvalue weighted by atomic mass is 10.1. The first-order valence-corrected chi connectivity index (χ1v) is 7.48. The standard InChI is InChI=1S/C16H25N3O/c1-3-15-8-7-12(2)19(15)11-16(20)18-14-6-4-5-13(9-14)10-17/h4-6,9,12,15H,3,7-8,10-11,17H2,1-2H3,(H,18,20). The molecule has 1 amide bonds. The van der Waals surface area contributed by atoms with E-state index in [2.05, 4.69) is 24.1 Å². The highest BCUT2D eigenvalue weighted by atomic mass is 16.2. The first-order chi connectivity index (χ1) is 9.63. The topological polar surface area (TPSA) is 58.4 Å². The van der Waals surface area contributed by atoms with Gasteiger partial charge in [-0.3, -0.25) is 9.69 Å².